The lowest BCUT2D eigenvalue weighted by molar-refractivity contribution is -0.110. The first-order valence-electron chi connectivity index (χ1n) is 4.86. The minimum absolute atomic E-state index is 0.194. The molecule has 1 aliphatic rings. The molecule has 78 valence electrons. The molecule has 2 heterocycles. The Morgan fingerprint density at radius 2 is 2.20 bits per heavy atom. The van der Waals surface area contributed by atoms with Crippen molar-refractivity contribution in [1.82, 2.24) is 10.3 Å². The van der Waals surface area contributed by atoms with Gasteiger partial charge in [0.15, 0.2) is 5.84 Å². The predicted molar refractivity (Wildman–Crippen MR) is 57.8 cm³/mol. The molecule has 0 fully saturated rings. The molecule has 0 aliphatic carbocycles. The van der Waals surface area contributed by atoms with Gasteiger partial charge in [0, 0.05) is 31.2 Å². The summed E-state index contributed by atoms with van der Waals surface area (Å²) < 4.78 is 0. The van der Waals surface area contributed by atoms with E-state index in [0.29, 0.717) is 12.4 Å². The molecule has 0 radical (unpaired) electrons. The molecule has 0 atom stereocenters. The Labute approximate surface area is 87.6 Å². The molecule has 1 aromatic heterocycles. The molecule has 15 heavy (non-hydrogen) atoms. The van der Waals surface area contributed by atoms with Crippen LogP contribution in [0.15, 0.2) is 29.5 Å². The highest BCUT2D eigenvalue weighted by Gasteiger charge is 2.13. The molecule has 0 saturated heterocycles. The van der Waals surface area contributed by atoms with E-state index in [0.717, 1.165) is 18.7 Å². The number of hydrogen-bond acceptors (Lipinski definition) is 4. The van der Waals surface area contributed by atoms with Crippen LogP contribution in [-0.2, 0) is 4.79 Å². The molecule has 0 saturated carbocycles. The second-order valence-electron chi connectivity index (χ2n) is 3.20. The van der Waals surface area contributed by atoms with Crippen molar-refractivity contribution < 1.29 is 4.79 Å². The number of carbonyl (C=O) groups is 1. The molecule has 0 aromatic carbocycles. The van der Waals surface area contributed by atoms with Crippen LogP contribution in [0.4, 0.5) is 5.69 Å². The van der Waals surface area contributed by atoms with Crippen LogP contribution >= 0.6 is 0 Å². The molecule has 1 amide bonds. The van der Waals surface area contributed by atoms with Crippen molar-refractivity contribution in [1.29, 1.82) is 0 Å². The van der Waals surface area contributed by atoms with Gasteiger partial charge in [0.25, 0.3) is 5.91 Å². The Morgan fingerprint density at radius 3 is 2.87 bits per heavy atom. The van der Waals surface area contributed by atoms with Crippen molar-refractivity contribution in [2.75, 3.05) is 18.4 Å². The summed E-state index contributed by atoms with van der Waals surface area (Å²) in [4.78, 5) is 19.6. The molecule has 1 aliphatic heterocycles. The van der Waals surface area contributed by atoms with E-state index in [1.807, 2.05) is 0 Å². The summed E-state index contributed by atoms with van der Waals surface area (Å²) >= 11 is 0. The first-order chi connectivity index (χ1) is 7.36. The number of carbonyl (C=O) groups excluding carboxylic acids is 1. The van der Waals surface area contributed by atoms with Crippen LogP contribution in [0, 0.1) is 0 Å². The second kappa shape index (κ2) is 4.54. The third-order valence-corrected chi connectivity index (χ3v) is 2.05. The number of aliphatic imine (C=N–C) groups is 1. The van der Waals surface area contributed by atoms with E-state index in [-0.39, 0.29) is 5.91 Å². The summed E-state index contributed by atoms with van der Waals surface area (Å²) in [7, 11) is 0. The molecule has 2 N–H and O–H groups in total. The van der Waals surface area contributed by atoms with Crippen LogP contribution in [-0.4, -0.2) is 29.8 Å². The second-order valence-corrected chi connectivity index (χ2v) is 3.20. The van der Waals surface area contributed by atoms with E-state index in [1.165, 1.54) is 0 Å². The lowest BCUT2D eigenvalue weighted by atomic mass is 10.3. The molecule has 5 nitrogen and oxygen atoms in total. The summed E-state index contributed by atoms with van der Waals surface area (Å²) in [5.74, 6) is 0.221. The third kappa shape index (κ3) is 2.52. The van der Waals surface area contributed by atoms with Gasteiger partial charge in [-0.15, -0.1) is 0 Å². The minimum Gasteiger partial charge on any atom is -0.366 e. The molecule has 0 bridgehead atoms. The Kier molecular flexibility index (Phi) is 2.92. The maximum Gasteiger partial charge on any atom is 0.290 e. The van der Waals surface area contributed by atoms with Gasteiger partial charge in [-0.1, -0.05) is 0 Å². The number of anilines is 1. The fourth-order valence-corrected chi connectivity index (χ4v) is 1.31. The van der Waals surface area contributed by atoms with Crippen LogP contribution in [0.3, 0.4) is 0 Å². The van der Waals surface area contributed by atoms with Gasteiger partial charge in [0.2, 0.25) is 0 Å². The van der Waals surface area contributed by atoms with Crippen molar-refractivity contribution in [3.05, 3.63) is 24.5 Å². The first kappa shape index (κ1) is 9.64. The zero-order chi connectivity index (χ0) is 10.5. The van der Waals surface area contributed by atoms with Crippen molar-refractivity contribution >= 4 is 17.4 Å². The number of amides is 1. The highest BCUT2D eigenvalue weighted by Crippen LogP contribution is 2.03. The zero-order valence-electron chi connectivity index (χ0n) is 8.23. The number of nitrogens with one attached hydrogen (secondary N) is 2. The van der Waals surface area contributed by atoms with Gasteiger partial charge in [0.1, 0.15) is 0 Å². The summed E-state index contributed by atoms with van der Waals surface area (Å²) in [6.45, 7) is 1.52. The average Bonchev–Trinajstić information content (AvgIpc) is 2.31. The van der Waals surface area contributed by atoms with Gasteiger partial charge in [-0.05, 0) is 18.6 Å². The molecule has 5 heteroatoms. The maximum absolute atomic E-state index is 11.6. The summed E-state index contributed by atoms with van der Waals surface area (Å²) in [6, 6.07) is 3.47. The van der Waals surface area contributed by atoms with E-state index >= 15 is 0 Å². The standard InChI is InChI=1S/C10H12N4O/c15-10(9-12-4-1-5-13-9)14-8-2-6-11-7-3-8/h2-3,6-7H,1,4-5H2,(H,12,13)(H,11,14,15). The van der Waals surface area contributed by atoms with Crippen LogP contribution in [0.1, 0.15) is 6.42 Å². The number of pyridine rings is 1. The van der Waals surface area contributed by atoms with Crippen molar-refractivity contribution in [3.8, 4) is 0 Å². The zero-order valence-corrected chi connectivity index (χ0v) is 8.23. The molecular formula is C10H12N4O. The highest BCUT2D eigenvalue weighted by atomic mass is 16.2. The van der Waals surface area contributed by atoms with Crippen LogP contribution in [0.25, 0.3) is 0 Å². The normalized spacial score (nSPS) is 15.1. The smallest absolute Gasteiger partial charge is 0.290 e. The molecule has 1 aromatic rings. The number of rotatable bonds is 2. The van der Waals surface area contributed by atoms with Gasteiger partial charge < -0.3 is 10.6 Å². The third-order valence-electron chi connectivity index (χ3n) is 2.05. The Balaban J connectivity index is 2.00. The van der Waals surface area contributed by atoms with E-state index in [1.54, 1.807) is 24.5 Å². The Morgan fingerprint density at radius 1 is 1.40 bits per heavy atom. The lowest BCUT2D eigenvalue weighted by Gasteiger charge is -2.13. The fraction of sp³-hybridized carbons (Fsp3) is 0.300. The minimum atomic E-state index is -0.194. The van der Waals surface area contributed by atoms with Crippen LogP contribution < -0.4 is 10.6 Å². The molecule has 0 spiro atoms. The monoisotopic (exact) mass is 204 g/mol. The largest absolute Gasteiger partial charge is 0.366 e. The van der Waals surface area contributed by atoms with Gasteiger partial charge in [-0.3, -0.25) is 14.8 Å². The molecular weight excluding hydrogens is 192 g/mol. The summed E-state index contributed by atoms with van der Waals surface area (Å²) in [5.41, 5.74) is 0.727. The van der Waals surface area contributed by atoms with Crippen molar-refractivity contribution in [3.63, 3.8) is 0 Å². The number of nitrogens with zero attached hydrogens (tertiary/aromatic N) is 2. The number of amidine groups is 1. The first-order valence-corrected chi connectivity index (χ1v) is 4.86. The highest BCUT2D eigenvalue weighted by molar-refractivity contribution is 6.42. The molecule has 2 rings (SSSR count). The lowest BCUT2D eigenvalue weighted by Crippen LogP contribution is -2.39. The SMILES string of the molecule is O=C(Nc1ccncc1)C1=NCCCN1. The van der Waals surface area contributed by atoms with E-state index in [9.17, 15) is 4.79 Å². The number of hydrogen-bond donors (Lipinski definition) is 2. The summed E-state index contributed by atoms with van der Waals surface area (Å²) in [5, 5.41) is 5.70. The van der Waals surface area contributed by atoms with Crippen LogP contribution in [0.2, 0.25) is 0 Å². The quantitative estimate of drug-likeness (QED) is 0.733. The molecule has 0 unspecified atom stereocenters. The van der Waals surface area contributed by atoms with Gasteiger partial charge in [0.05, 0.1) is 0 Å². The Hall–Kier alpha value is -1.91. The Bertz CT molecular complexity index is 374. The van der Waals surface area contributed by atoms with Gasteiger partial charge in [-0.2, -0.15) is 0 Å². The maximum atomic E-state index is 11.6. The topological polar surface area (TPSA) is 66.4 Å². The fourth-order valence-electron chi connectivity index (χ4n) is 1.31. The summed E-state index contributed by atoms with van der Waals surface area (Å²) in [6.07, 6.45) is 4.24. The van der Waals surface area contributed by atoms with E-state index in [4.69, 9.17) is 0 Å². The van der Waals surface area contributed by atoms with Crippen LogP contribution in [0.5, 0.6) is 0 Å². The van der Waals surface area contributed by atoms with E-state index < -0.39 is 0 Å². The van der Waals surface area contributed by atoms with E-state index in [2.05, 4.69) is 20.6 Å². The van der Waals surface area contributed by atoms with Crippen molar-refractivity contribution in [2.45, 2.75) is 6.42 Å². The predicted octanol–water partition coefficient (Wildman–Crippen LogP) is 0.412. The van der Waals surface area contributed by atoms with Gasteiger partial charge >= 0.3 is 0 Å². The number of aromatic nitrogens is 1. The van der Waals surface area contributed by atoms with Gasteiger partial charge in [-0.25, -0.2) is 0 Å². The van der Waals surface area contributed by atoms with Crippen molar-refractivity contribution in [2.24, 2.45) is 4.99 Å². The average molecular weight is 204 g/mol.